The smallest absolute Gasteiger partial charge is 0.280 e. The topological polar surface area (TPSA) is 74.3 Å². The molecule has 0 unspecified atom stereocenters. The average Bonchev–Trinajstić information content (AvgIpc) is 3.15. The Labute approximate surface area is 191 Å². The van der Waals surface area contributed by atoms with E-state index in [0.717, 1.165) is 29.7 Å². The zero-order chi connectivity index (χ0) is 22.4. The van der Waals surface area contributed by atoms with Crippen LogP contribution in [0.1, 0.15) is 44.8 Å². The number of hydrogen-bond donors (Lipinski definition) is 0. The molecule has 0 saturated heterocycles. The third kappa shape index (κ3) is 3.40. The lowest BCUT2D eigenvalue weighted by Crippen LogP contribution is -2.34. The van der Waals surface area contributed by atoms with Crippen molar-refractivity contribution in [1.29, 1.82) is 0 Å². The van der Waals surface area contributed by atoms with Crippen LogP contribution in [0.2, 0.25) is 5.02 Å². The van der Waals surface area contributed by atoms with E-state index in [4.69, 9.17) is 21.4 Å². The number of rotatable bonds is 4. The lowest BCUT2D eigenvalue weighted by Gasteiger charge is -2.35. The van der Waals surface area contributed by atoms with E-state index < -0.39 is 0 Å². The van der Waals surface area contributed by atoms with Crippen LogP contribution in [0.3, 0.4) is 0 Å². The predicted molar refractivity (Wildman–Crippen MR) is 125 cm³/mol. The monoisotopic (exact) mass is 451 g/mol. The Bertz CT molecular complexity index is 1340. The molecule has 3 aromatic heterocycles. The van der Waals surface area contributed by atoms with Crippen molar-refractivity contribution in [3.63, 3.8) is 0 Å². The van der Waals surface area contributed by atoms with E-state index in [1.54, 1.807) is 11.6 Å². The van der Waals surface area contributed by atoms with Crippen LogP contribution >= 0.6 is 11.6 Å². The summed E-state index contributed by atoms with van der Waals surface area (Å²) in [7, 11) is 1.63. The largest absolute Gasteiger partial charge is 0.378 e. The van der Waals surface area contributed by atoms with Gasteiger partial charge in [0.1, 0.15) is 5.52 Å². The summed E-state index contributed by atoms with van der Waals surface area (Å²) < 4.78 is 8.94. The molecule has 0 aliphatic heterocycles. The standard InChI is InChI=1S/C24H26ClN5O2/c1-14-5-4-6-19(15(14)2)29-12-11-20-22(24(29)31)26-27-23-21(16-7-9-17(25)10-8-16)18(13-32-3)28-30(20)23/h7-12,14-15,19H,4-6,13H2,1-3H3/t14-,15+,19+/m1/s1. The number of pyridine rings is 1. The number of methoxy groups -OCH3 is 1. The maximum Gasteiger partial charge on any atom is 0.280 e. The van der Waals surface area contributed by atoms with Crippen molar-refractivity contribution >= 4 is 28.3 Å². The van der Waals surface area contributed by atoms with Crippen LogP contribution in [0.15, 0.2) is 41.3 Å². The van der Waals surface area contributed by atoms with Crippen LogP contribution in [-0.2, 0) is 11.3 Å². The molecule has 32 heavy (non-hydrogen) atoms. The van der Waals surface area contributed by atoms with Crippen LogP contribution < -0.4 is 5.56 Å². The minimum Gasteiger partial charge on any atom is -0.378 e. The van der Waals surface area contributed by atoms with Gasteiger partial charge in [0.2, 0.25) is 0 Å². The van der Waals surface area contributed by atoms with E-state index in [2.05, 4.69) is 24.0 Å². The maximum atomic E-state index is 13.4. The van der Waals surface area contributed by atoms with E-state index in [-0.39, 0.29) is 11.6 Å². The summed E-state index contributed by atoms with van der Waals surface area (Å²) in [6.45, 7) is 4.83. The first kappa shape index (κ1) is 21.1. The molecule has 0 amide bonds. The van der Waals surface area contributed by atoms with Crippen LogP contribution in [0.4, 0.5) is 0 Å². The Hall–Kier alpha value is -2.77. The fourth-order valence-corrected chi connectivity index (χ4v) is 5.09. The number of fused-ring (bicyclic) bond motifs is 3. The molecule has 0 radical (unpaired) electrons. The van der Waals surface area contributed by atoms with Gasteiger partial charge in [0.05, 0.1) is 17.9 Å². The molecule has 4 aromatic rings. The molecular weight excluding hydrogens is 426 g/mol. The van der Waals surface area contributed by atoms with Crippen molar-refractivity contribution in [3.8, 4) is 11.1 Å². The van der Waals surface area contributed by atoms with Gasteiger partial charge in [-0.3, -0.25) is 4.79 Å². The van der Waals surface area contributed by atoms with Crippen LogP contribution in [-0.4, -0.2) is 31.5 Å². The number of aromatic nitrogens is 5. The summed E-state index contributed by atoms with van der Waals surface area (Å²) in [5.41, 5.74) is 3.93. The first-order valence-corrected chi connectivity index (χ1v) is 11.4. The van der Waals surface area contributed by atoms with E-state index >= 15 is 0 Å². The van der Waals surface area contributed by atoms with E-state index in [9.17, 15) is 4.79 Å². The summed E-state index contributed by atoms with van der Waals surface area (Å²) in [6, 6.07) is 9.62. The molecule has 3 atom stereocenters. The van der Waals surface area contributed by atoms with E-state index in [1.807, 2.05) is 41.1 Å². The minimum atomic E-state index is -0.111. The summed E-state index contributed by atoms with van der Waals surface area (Å²) >= 11 is 6.08. The lowest BCUT2D eigenvalue weighted by molar-refractivity contribution is 0.181. The molecular formula is C24H26ClN5O2. The van der Waals surface area contributed by atoms with Gasteiger partial charge in [-0.05, 0) is 42.0 Å². The molecule has 1 aliphatic rings. The highest BCUT2D eigenvalue weighted by Crippen LogP contribution is 2.37. The molecule has 0 bridgehead atoms. The Kier molecular flexibility index (Phi) is 5.47. The summed E-state index contributed by atoms with van der Waals surface area (Å²) in [5.74, 6) is 1.03. The van der Waals surface area contributed by atoms with Gasteiger partial charge in [-0.2, -0.15) is 5.10 Å². The summed E-state index contributed by atoms with van der Waals surface area (Å²) in [6.07, 6.45) is 5.25. The zero-order valence-electron chi connectivity index (χ0n) is 18.5. The quantitative estimate of drug-likeness (QED) is 0.441. The van der Waals surface area contributed by atoms with E-state index in [0.29, 0.717) is 40.1 Å². The average molecular weight is 452 g/mol. The molecule has 8 heteroatoms. The van der Waals surface area contributed by atoms with Crippen molar-refractivity contribution in [2.24, 2.45) is 11.8 Å². The Morgan fingerprint density at radius 2 is 1.91 bits per heavy atom. The number of benzene rings is 1. The molecule has 166 valence electrons. The van der Waals surface area contributed by atoms with Crippen molar-refractivity contribution in [2.45, 2.75) is 45.8 Å². The lowest BCUT2D eigenvalue weighted by atomic mass is 9.78. The summed E-state index contributed by atoms with van der Waals surface area (Å²) in [4.78, 5) is 13.4. The third-order valence-corrected chi connectivity index (χ3v) is 7.17. The van der Waals surface area contributed by atoms with Gasteiger partial charge in [0.25, 0.3) is 5.56 Å². The maximum absolute atomic E-state index is 13.4. The van der Waals surface area contributed by atoms with Gasteiger partial charge in [-0.25, -0.2) is 4.52 Å². The highest BCUT2D eigenvalue weighted by atomic mass is 35.5. The van der Waals surface area contributed by atoms with Crippen LogP contribution in [0.5, 0.6) is 0 Å². The highest BCUT2D eigenvalue weighted by molar-refractivity contribution is 6.30. The molecule has 1 fully saturated rings. The van der Waals surface area contributed by atoms with Gasteiger partial charge in [0.15, 0.2) is 11.2 Å². The Morgan fingerprint density at radius 3 is 2.66 bits per heavy atom. The van der Waals surface area contributed by atoms with Crippen molar-refractivity contribution in [3.05, 3.63) is 57.6 Å². The van der Waals surface area contributed by atoms with Gasteiger partial charge < -0.3 is 9.30 Å². The first-order chi connectivity index (χ1) is 15.5. The Balaban J connectivity index is 1.70. The van der Waals surface area contributed by atoms with Crippen LogP contribution in [0, 0.1) is 11.8 Å². The molecule has 5 rings (SSSR count). The fraction of sp³-hybridized carbons (Fsp3) is 0.417. The molecule has 1 aliphatic carbocycles. The molecule has 7 nitrogen and oxygen atoms in total. The number of hydrogen-bond acceptors (Lipinski definition) is 5. The molecule has 0 N–H and O–H groups in total. The highest BCUT2D eigenvalue weighted by Gasteiger charge is 2.29. The van der Waals surface area contributed by atoms with Gasteiger partial charge >= 0.3 is 0 Å². The van der Waals surface area contributed by atoms with Crippen molar-refractivity contribution < 1.29 is 4.74 Å². The number of nitrogens with zero attached hydrogens (tertiary/aromatic N) is 5. The van der Waals surface area contributed by atoms with Crippen LogP contribution in [0.25, 0.3) is 27.8 Å². The minimum absolute atomic E-state index is 0.111. The molecule has 1 aromatic carbocycles. The zero-order valence-corrected chi connectivity index (χ0v) is 19.2. The first-order valence-electron chi connectivity index (χ1n) is 11.0. The van der Waals surface area contributed by atoms with Gasteiger partial charge in [0, 0.05) is 24.4 Å². The second-order valence-corrected chi connectivity index (χ2v) is 9.23. The normalized spacial score (nSPS) is 21.4. The molecule has 3 heterocycles. The molecule has 1 saturated carbocycles. The predicted octanol–water partition coefficient (Wildman–Crippen LogP) is 4.90. The van der Waals surface area contributed by atoms with Crippen molar-refractivity contribution in [2.75, 3.05) is 7.11 Å². The van der Waals surface area contributed by atoms with Gasteiger partial charge in [-0.1, -0.05) is 50.4 Å². The fourth-order valence-electron chi connectivity index (χ4n) is 4.96. The summed E-state index contributed by atoms with van der Waals surface area (Å²) in [5, 5.41) is 14.2. The molecule has 0 spiro atoms. The Morgan fingerprint density at radius 1 is 1.12 bits per heavy atom. The number of ether oxygens (including phenoxy) is 1. The number of halogens is 1. The van der Waals surface area contributed by atoms with E-state index in [1.165, 1.54) is 6.42 Å². The second kappa shape index (κ2) is 8.30. The SMILES string of the molecule is COCc1nn2c(nnc3c(=O)n([C@H]4CCC[C@@H](C)[C@@H]4C)ccc32)c1-c1ccc(Cl)cc1. The second-order valence-electron chi connectivity index (χ2n) is 8.79. The van der Waals surface area contributed by atoms with Crippen molar-refractivity contribution in [1.82, 2.24) is 24.4 Å². The third-order valence-electron chi connectivity index (χ3n) is 6.91. The van der Waals surface area contributed by atoms with Gasteiger partial charge in [-0.15, -0.1) is 10.2 Å².